The summed E-state index contributed by atoms with van der Waals surface area (Å²) in [6.07, 6.45) is 41.5. The predicted molar refractivity (Wildman–Crippen MR) is 234 cm³/mol. The Morgan fingerprint density at radius 3 is 1.83 bits per heavy atom. The number of esters is 2. The van der Waals surface area contributed by atoms with Crippen LogP contribution in [0.25, 0.3) is 0 Å². The fourth-order valence-electron chi connectivity index (χ4n) is 5.72. The van der Waals surface area contributed by atoms with E-state index in [9.17, 15) is 19.0 Å². The highest BCUT2D eigenvalue weighted by molar-refractivity contribution is 7.45. The number of unbranched alkanes of at least 4 members (excludes halogenated alkanes) is 15. The molecule has 0 aromatic carbocycles. The van der Waals surface area contributed by atoms with Gasteiger partial charge in [0.15, 0.2) is 6.10 Å². The number of likely N-dealkylation sites (N-methyl/N-ethyl adjacent to an activating group) is 1. The van der Waals surface area contributed by atoms with Crippen molar-refractivity contribution in [2.75, 3.05) is 47.5 Å². The van der Waals surface area contributed by atoms with Crippen LogP contribution in [0.1, 0.15) is 162 Å². The molecule has 0 aromatic rings. The highest BCUT2D eigenvalue weighted by Crippen LogP contribution is 2.38. The molecule has 0 bridgehead atoms. The van der Waals surface area contributed by atoms with Crippen molar-refractivity contribution in [1.29, 1.82) is 0 Å². The van der Waals surface area contributed by atoms with Crippen LogP contribution in [0.2, 0.25) is 0 Å². The van der Waals surface area contributed by atoms with Crippen molar-refractivity contribution in [3.05, 3.63) is 60.8 Å². The lowest BCUT2D eigenvalue weighted by molar-refractivity contribution is -0.870. The van der Waals surface area contributed by atoms with Gasteiger partial charge in [0, 0.05) is 12.8 Å². The first-order chi connectivity index (χ1) is 27.9. The van der Waals surface area contributed by atoms with E-state index in [4.69, 9.17) is 23.8 Å². The second-order valence-electron chi connectivity index (χ2n) is 16.0. The third-order valence-corrected chi connectivity index (χ3v) is 10.2. The summed E-state index contributed by atoms with van der Waals surface area (Å²) in [4.78, 5) is 42.0. The molecule has 0 aliphatic heterocycles. The number of phosphoric acid groups is 1. The van der Waals surface area contributed by atoms with Gasteiger partial charge in [0.25, 0.3) is 7.82 Å². The SMILES string of the molecule is CC/C=C\CC(/C=C/C=C\C/C=C\C/C=C\CCCC(=O)O[C@@H](COC(=O)CCCCCCCCCCCCCCCCC)COP(=O)([O-])OCC[N+](C)(C)C)OO. The molecule has 3 atom stereocenters. The molecule has 0 spiro atoms. The van der Waals surface area contributed by atoms with Crippen molar-refractivity contribution in [3.63, 3.8) is 0 Å². The van der Waals surface area contributed by atoms with Crippen LogP contribution in [-0.2, 0) is 37.6 Å². The topological polar surface area (TPSA) is 141 Å². The molecule has 0 fully saturated rings. The smallest absolute Gasteiger partial charge is 0.306 e. The predicted octanol–water partition coefficient (Wildman–Crippen LogP) is 11.3. The summed E-state index contributed by atoms with van der Waals surface area (Å²) in [6.45, 7) is 3.90. The normalized spacial score (nSPS) is 14.7. The van der Waals surface area contributed by atoms with Crippen molar-refractivity contribution in [3.8, 4) is 0 Å². The van der Waals surface area contributed by atoms with Gasteiger partial charge in [0.05, 0.1) is 27.7 Å². The second-order valence-corrected chi connectivity index (χ2v) is 17.4. The van der Waals surface area contributed by atoms with E-state index in [0.717, 1.165) is 32.1 Å². The van der Waals surface area contributed by atoms with Crippen LogP contribution in [0.15, 0.2) is 60.8 Å². The lowest BCUT2D eigenvalue weighted by Gasteiger charge is -2.28. The highest BCUT2D eigenvalue weighted by Gasteiger charge is 2.21. The number of quaternary nitrogens is 1. The van der Waals surface area contributed by atoms with Gasteiger partial charge in [0.2, 0.25) is 0 Å². The van der Waals surface area contributed by atoms with Gasteiger partial charge in [-0.15, -0.1) is 0 Å². The molecule has 0 aromatic heterocycles. The Labute approximate surface area is 353 Å². The monoisotopic (exact) mass is 840 g/mol. The van der Waals surface area contributed by atoms with Crippen LogP contribution in [0.3, 0.4) is 0 Å². The number of hydrogen-bond acceptors (Lipinski definition) is 10. The number of hydrogen-bond donors (Lipinski definition) is 1. The average molecular weight is 840 g/mol. The van der Waals surface area contributed by atoms with Crippen LogP contribution in [0.5, 0.6) is 0 Å². The summed E-state index contributed by atoms with van der Waals surface area (Å²) in [5, 5.41) is 8.97. The Morgan fingerprint density at radius 2 is 1.24 bits per heavy atom. The van der Waals surface area contributed by atoms with Crippen LogP contribution >= 0.6 is 7.82 Å². The zero-order valence-electron chi connectivity index (χ0n) is 37.0. The number of allylic oxidation sites excluding steroid dienone is 8. The van der Waals surface area contributed by atoms with Crippen LogP contribution < -0.4 is 4.89 Å². The van der Waals surface area contributed by atoms with E-state index >= 15 is 0 Å². The molecule has 11 nitrogen and oxygen atoms in total. The Hall–Kier alpha value is -2.37. The van der Waals surface area contributed by atoms with Crippen molar-refractivity contribution >= 4 is 19.8 Å². The summed E-state index contributed by atoms with van der Waals surface area (Å²) in [6, 6.07) is 0. The Bertz CT molecular complexity index is 1190. The van der Waals surface area contributed by atoms with Crippen LogP contribution in [0, 0.1) is 0 Å². The summed E-state index contributed by atoms with van der Waals surface area (Å²) in [7, 11) is 1.08. The number of carbonyl (C=O) groups is 2. The Morgan fingerprint density at radius 1 is 0.672 bits per heavy atom. The van der Waals surface area contributed by atoms with E-state index in [0.29, 0.717) is 36.7 Å². The Kier molecular flexibility index (Phi) is 37.2. The minimum Gasteiger partial charge on any atom is -0.756 e. The molecule has 0 saturated heterocycles. The van der Waals surface area contributed by atoms with E-state index in [1.807, 2.05) is 63.7 Å². The molecule has 0 heterocycles. The molecule has 12 heteroatoms. The van der Waals surface area contributed by atoms with E-state index in [1.165, 1.54) is 77.0 Å². The standard InChI is InChI=1S/C46H82NO10P/c1-6-8-10-11-12-13-14-15-16-17-20-23-26-29-33-37-45(48)53-41-44(42-55-58(51,52)54-40-39-47(3,4)5)56-46(49)38-34-30-27-24-21-18-19-22-25-28-32-36-43(57-50)35-31-9-7-2/h9,18-19,24-25,27-28,31-32,36,43-44H,6-8,10-17,20-23,26,29-30,33-35,37-42H2,1-5H3,(H-,50,51,52)/b19-18-,27-24-,28-25-,31-9-,36-32+/t43?,44-/m0/s1. The first-order valence-electron chi connectivity index (χ1n) is 22.3. The summed E-state index contributed by atoms with van der Waals surface area (Å²) < 4.78 is 33.8. The van der Waals surface area contributed by atoms with E-state index in [2.05, 4.69) is 30.9 Å². The van der Waals surface area contributed by atoms with Gasteiger partial charge >= 0.3 is 11.9 Å². The van der Waals surface area contributed by atoms with Crippen molar-refractivity contribution in [1.82, 2.24) is 0 Å². The van der Waals surface area contributed by atoms with E-state index in [-0.39, 0.29) is 32.2 Å². The number of phosphoric ester groups is 1. The molecular formula is C46H82NO10P. The van der Waals surface area contributed by atoms with Crippen molar-refractivity contribution < 1.29 is 52.2 Å². The number of rotatable bonds is 40. The molecule has 1 N–H and O–H groups in total. The lowest BCUT2D eigenvalue weighted by atomic mass is 10.0. The third kappa shape index (κ3) is 40.4. The van der Waals surface area contributed by atoms with E-state index in [1.54, 1.807) is 6.08 Å². The molecule has 0 amide bonds. The second kappa shape index (κ2) is 38.8. The number of carbonyl (C=O) groups excluding carboxylic acids is 2. The van der Waals surface area contributed by atoms with Gasteiger partial charge in [-0.2, -0.15) is 0 Å². The maximum atomic E-state index is 12.7. The maximum Gasteiger partial charge on any atom is 0.306 e. The maximum absolute atomic E-state index is 12.7. The van der Waals surface area contributed by atoms with Gasteiger partial charge in [0.1, 0.15) is 25.9 Å². The van der Waals surface area contributed by atoms with Crippen LogP contribution in [0.4, 0.5) is 0 Å². The minimum atomic E-state index is -4.66. The zero-order chi connectivity index (χ0) is 43.0. The van der Waals surface area contributed by atoms with Gasteiger partial charge < -0.3 is 27.9 Å². The number of ether oxygens (including phenoxy) is 2. The fraction of sp³-hybridized carbons (Fsp3) is 0.739. The first-order valence-corrected chi connectivity index (χ1v) is 23.7. The summed E-state index contributed by atoms with van der Waals surface area (Å²) in [5.41, 5.74) is 0. The molecule has 0 aliphatic carbocycles. The molecule has 58 heavy (non-hydrogen) atoms. The molecule has 0 aliphatic rings. The quantitative estimate of drug-likeness (QED) is 0.00926. The highest BCUT2D eigenvalue weighted by atomic mass is 31.2. The molecule has 0 saturated carbocycles. The summed E-state index contributed by atoms with van der Waals surface area (Å²) in [5.74, 6) is -0.938. The molecule has 0 radical (unpaired) electrons. The minimum absolute atomic E-state index is 0.0543. The third-order valence-electron chi connectivity index (χ3n) is 9.25. The van der Waals surface area contributed by atoms with Crippen molar-refractivity contribution in [2.24, 2.45) is 0 Å². The molecule has 0 rings (SSSR count). The van der Waals surface area contributed by atoms with Gasteiger partial charge in [-0.25, -0.2) is 4.89 Å². The summed E-state index contributed by atoms with van der Waals surface area (Å²) >= 11 is 0. The van der Waals surface area contributed by atoms with Gasteiger partial charge in [-0.1, -0.05) is 164 Å². The largest absolute Gasteiger partial charge is 0.756 e. The fourth-order valence-corrected chi connectivity index (χ4v) is 6.45. The van der Waals surface area contributed by atoms with Crippen molar-refractivity contribution in [2.45, 2.75) is 174 Å². The van der Waals surface area contributed by atoms with Crippen LogP contribution in [-0.4, -0.2) is 81.4 Å². The Balaban J connectivity index is 4.53. The first kappa shape index (κ1) is 55.6. The zero-order valence-corrected chi connectivity index (χ0v) is 37.9. The average Bonchev–Trinajstić information content (AvgIpc) is 3.17. The molecular weight excluding hydrogens is 757 g/mol. The number of nitrogens with zero attached hydrogens (tertiary/aromatic N) is 1. The van der Waals surface area contributed by atoms with E-state index < -0.39 is 32.5 Å². The van der Waals surface area contributed by atoms with Gasteiger partial charge in [-0.05, 0) is 44.9 Å². The van der Waals surface area contributed by atoms with Gasteiger partial charge in [-0.3, -0.25) is 19.4 Å². The molecule has 336 valence electrons. The molecule has 2 unspecified atom stereocenters. The lowest BCUT2D eigenvalue weighted by Crippen LogP contribution is -2.37.